The fourth-order valence-corrected chi connectivity index (χ4v) is 2.40. The Kier molecular flexibility index (Phi) is 6.38. The fraction of sp³-hybridized carbons (Fsp3) is 0.263. The van der Waals surface area contributed by atoms with Gasteiger partial charge in [-0.3, -0.25) is 9.59 Å². The number of rotatable bonds is 6. The van der Waals surface area contributed by atoms with Crippen molar-refractivity contribution in [2.45, 2.75) is 26.1 Å². The van der Waals surface area contributed by atoms with Gasteiger partial charge in [0.25, 0.3) is 0 Å². The van der Waals surface area contributed by atoms with Crippen molar-refractivity contribution < 1.29 is 22.8 Å². The van der Waals surface area contributed by atoms with Gasteiger partial charge in [0.1, 0.15) is 0 Å². The predicted molar refractivity (Wildman–Crippen MR) is 92.4 cm³/mol. The van der Waals surface area contributed by atoms with Gasteiger partial charge in [-0.25, -0.2) is 0 Å². The van der Waals surface area contributed by atoms with E-state index in [2.05, 4.69) is 5.32 Å². The topological polar surface area (TPSA) is 49.4 Å². The van der Waals surface area contributed by atoms with Crippen molar-refractivity contribution in [2.24, 2.45) is 0 Å². The third-order valence-electron chi connectivity index (χ3n) is 3.78. The van der Waals surface area contributed by atoms with Crippen LogP contribution >= 0.6 is 0 Å². The molecule has 0 fully saturated rings. The molecule has 26 heavy (non-hydrogen) atoms. The Morgan fingerprint density at radius 2 is 1.62 bits per heavy atom. The molecule has 0 radical (unpaired) electrons. The normalized spacial score (nSPS) is 11.1. The van der Waals surface area contributed by atoms with Gasteiger partial charge in [-0.05, 0) is 29.8 Å². The number of anilines is 1. The van der Waals surface area contributed by atoms with E-state index in [1.165, 1.54) is 24.0 Å². The highest BCUT2D eigenvalue weighted by Gasteiger charge is 2.30. The van der Waals surface area contributed by atoms with E-state index in [0.29, 0.717) is 12.2 Å². The van der Waals surface area contributed by atoms with Gasteiger partial charge < -0.3 is 10.2 Å². The van der Waals surface area contributed by atoms with Crippen molar-refractivity contribution in [1.82, 2.24) is 5.32 Å². The summed E-state index contributed by atoms with van der Waals surface area (Å²) >= 11 is 0. The molecule has 0 spiro atoms. The number of hydrogen-bond acceptors (Lipinski definition) is 2. The number of carbonyl (C=O) groups excluding carboxylic acids is 2. The number of hydrogen-bond donors (Lipinski definition) is 1. The number of halogens is 3. The minimum Gasteiger partial charge on any atom is -0.352 e. The van der Waals surface area contributed by atoms with Crippen molar-refractivity contribution in [3.05, 3.63) is 65.7 Å². The van der Waals surface area contributed by atoms with Crippen molar-refractivity contribution >= 4 is 17.5 Å². The molecule has 0 aliphatic rings. The van der Waals surface area contributed by atoms with E-state index >= 15 is 0 Å². The van der Waals surface area contributed by atoms with Gasteiger partial charge in [-0.15, -0.1) is 0 Å². The summed E-state index contributed by atoms with van der Waals surface area (Å²) in [4.78, 5) is 25.0. The van der Waals surface area contributed by atoms with Crippen LogP contribution in [0.4, 0.5) is 18.9 Å². The fourth-order valence-electron chi connectivity index (χ4n) is 2.40. The first-order chi connectivity index (χ1) is 12.3. The van der Waals surface area contributed by atoms with Crippen LogP contribution in [0.15, 0.2) is 54.6 Å². The summed E-state index contributed by atoms with van der Waals surface area (Å²) in [7, 11) is 0. The van der Waals surface area contributed by atoms with Crippen LogP contribution in [-0.4, -0.2) is 18.4 Å². The van der Waals surface area contributed by atoms with Crippen LogP contribution in [0.5, 0.6) is 0 Å². The third kappa shape index (κ3) is 5.61. The van der Waals surface area contributed by atoms with Crippen molar-refractivity contribution in [1.29, 1.82) is 0 Å². The van der Waals surface area contributed by atoms with Crippen molar-refractivity contribution in [3.8, 4) is 0 Å². The summed E-state index contributed by atoms with van der Waals surface area (Å²) in [5.74, 6) is -0.590. The molecule has 2 amide bonds. The number of nitrogens with one attached hydrogen (secondary N) is 1. The lowest BCUT2D eigenvalue weighted by Crippen LogP contribution is -2.33. The van der Waals surface area contributed by atoms with Gasteiger partial charge >= 0.3 is 6.18 Å². The van der Waals surface area contributed by atoms with E-state index < -0.39 is 11.7 Å². The van der Waals surface area contributed by atoms with E-state index in [1.54, 1.807) is 0 Å². The molecule has 0 aliphatic carbocycles. The zero-order valence-electron chi connectivity index (χ0n) is 14.2. The summed E-state index contributed by atoms with van der Waals surface area (Å²) in [6, 6.07) is 13.7. The molecule has 1 N–H and O–H groups in total. The minimum atomic E-state index is -4.43. The molecule has 0 atom stereocenters. The molecule has 0 saturated heterocycles. The van der Waals surface area contributed by atoms with Gasteiger partial charge in [0.2, 0.25) is 11.8 Å². The smallest absolute Gasteiger partial charge is 0.352 e. The lowest BCUT2D eigenvalue weighted by Gasteiger charge is -2.21. The van der Waals surface area contributed by atoms with Crippen LogP contribution in [0.2, 0.25) is 0 Å². The molecule has 0 heterocycles. The Hall–Kier alpha value is -2.83. The lowest BCUT2D eigenvalue weighted by atomic mass is 10.2. The molecule has 2 rings (SSSR count). The van der Waals surface area contributed by atoms with E-state index in [1.807, 2.05) is 30.3 Å². The minimum absolute atomic E-state index is 0.0490. The second-order valence-electron chi connectivity index (χ2n) is 5.73. The maximum atomic E-state index is 12.6. The summed E-state index contributed by atoms with van der Waals surface area (Å²) in [6.45, 7) is 1.76. The molecule has 0 aliphatic heterocycles. The SMILES string of the molecule is CC(=O)N(CCC(=O)NCc1ccccc1)c1ccc(C(F)(F)F)cc1. The van der Waals surface area contributed by atoms with E-state index in [0.717, 1.165) is 17.7 Å². The zero-order chi connectivity index (χ0) is 19.2. The van der Waals surface area contributed by atoms with E-state index in [4.69, 9.17) is 0 Å². The third-order valence-corrected chi connectivity index (χ3v) is 3.78. The summed E-state index contributed by atoms with van der Waals surface area (Å²) in [6.07, 6.45) is -4.38. The molecule has 0 unspecified atom stereocenters. The van der Waals surface area contributed by atoms with Crippen molar-refractivity contribution in [3.63, 3.8) is 0 Å². The first-order valence-corrected chi connectivity index (χ1v) is 8.03. The monoisotopic (exact) mass is 364 g/mol. The van der Waals surface area contributed by atoms with Gasteiger partial charge in [0.15, 0.2) is 0 Å². The molecule has 0 saturated carbocycles. The highest BCUT2D eigenvalue weighted by atomic mass is 19.4. The molecular formula is C19H19F3N2O2. The Labute approximate surface area is 149 Å². The molecule has 4 nitrogen and oxygen atoms in total. The largest absolute Gasteiger partial charge is 0.416 e. The van der Waals surface area contributed by atoms with Crippen LogP contribution in [0.25, 0.3) is 0 Å². The van der Waals surface area contributed by atoms with Gasteiger partial charge in [-0.1, -0.05) is 30.3 Å². The van der Waals surface area contributed by atoms with Gasteiger partial charge in [-0.2, -0.15) is 13.2 Å². The molecular weight excluding hydrogens is 345 g/mol. The van der Waals surface area contributed by atoms with Crippen LogP contribution in [-0.2, 0) is 22.3 Å². The summed E-state index contributed by atoms with van der Waals surface area (Å²) < 4.78 is 37.9. The number of benzene rings is 2. The van der Waals surface area contributed by atoms with E-state index in [9.17, 15) is 22.8 Å². The number of nitrogens with zero attached hydrogens (tertiary/aromatic N) is 1. The van der Waals surface area contributed by atoms with Crippen molar-refractivity contribution in [2.75, 3.05) is 11.4 Å². The molecule has 0 aromatic heterocycles. The number of carbonyl (C=O) groups is 2. The Balaban J connectivity index is 1.93. The Morgan fingerprint density at radius 1 is 1.00 bits per heavy atom. The number of alkyl halides is 3. The second-order valence-corrected chi connectivity index (χ2v) is 5.73. The first-order valence-electron chi connectivity index (χ1n) is 8.03. The van der Waals surface area contributed by atoms with Crippen LogP contribution in [0.3, 0.4) is 0 Å². The molecule has 2 aromatic rings. The maximum Gasteiger partial charge on any atom is 0.416 e. The second kappa shape index (κ2) is 8.51. The summed E-state index contributed by atoms with van der Waals surface area (Å²) in [5, 5.41) is 2.75. The Morgan fingerprint density at radius 3 is 2.15 bits per heavy atom. The van der Waals surface area contributed by atoms with Crippen LogP contribution < -0.4 is 10.2 Å². The quantitative estimate of drug-likeness (QED) is 0.848. The number of amides is 2. The Bertz CT molecular complexity index is 744. The molecule has 7 heteroatoms. The highest BCUT2D eigenvalue weighted by Crippen LogP contribution is 2.30. The molecule has 0 bridgehead atoms. The highest BCUT2D eigenvalue weighted by molar-refractivity contribution is 5.92. The van der Waals surface area contributed by atoms with Gasteiger partial charge in [0, 0.05) is 32.1 Å². The standard InChI is InChI=1S/C19H19F3N2O2/c1-14(25)24(17-9-7-16(8-10-17)19(20,21)22)12-11-18(26)23-13-15-5-3-2-4-6-15/h2-10H,11-13H2,1H3,(H,23,26). The van der Waals surface area contributed by atoms with Gasteiger partial charge in [0.05, 0.1) is 5.56 Å². The van der Waals surface area contributed by atoms with E-state index in [-0.39, 0.29) is 24.8 Å². The zero-order valence-corrected chi connectivity index (χ0v) is 14.2. The summed E-state index contributed by atoms with van der Waals surface area (Å²) in [5.41, 5.74) is 0.485. The average Bonchev–Trinajstić information content (AvgIpc) is 2.60. The maximum absolute atomic E-state index is 12.6. The van der Waals surface area contributed by atoms with Crippen LogP contribution in [0.1, 0.15) is 24.5 Å². The molecule has 138 valence electrons. The first kappa shape index (κ1) is 19.5. The van der Waals surface area contributed by atoms with Crippen LogP contribution in [0, 0.1) is 0 Å². The average molecular weight is 364 g/mol. The predicted octanol–water partition coefficient (Wildman–Crippen LogP) is 3.76. The molecule has 2 aromatic carbocycles. The lowest BCUT2D eigenvalue weighted by molar-refractivity contribution is -0.137.